The van der Waals surface area contributed by atoms with Crippen molar-refractivity contribution in [3.05, 3.63) is 11.3 Å². The summed E-state index contributed by atoms with van der Waals surface area (Å²) in [6.45, 7) is 9.52. The lowest BCUT2D eigenvalue weighted by Gasteiger charge is -2.37. The Kier molecular flexibility index (Phi) is 8.57. The highest BCUT2D eigenvalue weighted by atomic mass is 35.5. The van der Waals surface area contributed by atoms with Crippen molar-refractivity contribution in [1.29, 1.82) is 0 Å². The second-order valence-corrected chi connectivity index (χ2v) is 7.76. The Balaban J connectivity index is 0.00000182. The summed E-state index contributed by atoms with van der Waals surface area (Å²) in [6.07, 6.45) is 3.31. The third-order valence-corrected chi connectivity index (χ3v) is 5.30. The normalized spacial score (nSPS) is 18.6. The zero-order valence-corrected chi connectivity index (χ0v) is 18.0. The van der Waals surface area contributed by atoms with Crippen LogP contribution >= 0.6 is 24.8 Å². The Morgan fingerprint density at radius 1 is 1.19 bits per heavy atom. The summed E-state index contributed by atoms with van der Waals surface area (Å²) in [7, 11) is 0. The van der Waals surface area contributed by atoms with E-state index in [0.29, 0.717) is 12.5 Å². The van der Waals surface area contributed by atoms with E-state index in [-0.39, 0.29) is 42.2 Å². The van der Waals surface area contributed by atoms with E-state index >= 15 is 0 Å². The van der Waals surface area contributed by atoms with Gasteiger partial charge in [0.25, 0.3) is 0 Å². The molecule has 1 saturated heterocycles. The molecule has 1 amide bonds. The van der Waals surface area contributed by atoms with Gasteiger partial charge in [-0.15, -0.1) is 24.8 Å². The summed E-state index contributed by atoms with van der Waals surface area (Å²) < 4.78 is 0. The number of carbonyl (C=O) groups excluding carboxylic acids is 1. The van der Waals surface area contributed by atoms with Crippen LogP contribution in [0.1, 0.15) is 44.9 Å². The number of rotatable bonds is 3. The second-order valence-electron chi connectivity index (χ2n) is 7.76. The minimum Gasteiger partial charge on any atom is -0.368 e. The van der Waals surface area contributed by atoms with E-state index in [1.54, 1.807) is 0 Å². The van der Waals surface area contributed by atoms with Crippen molar-refractivity contribution >= 4 is 42.5 Å². The minimum absolute atomic E-state index is 0. The maximum atomic E-state index is 13.1. The van der Waals surface area contributed by atoms with E-state index in [0.717, 1.165) is 62.4 Å². The summed E-state index contributed by atoms with van der Waals surface area (Å²) >= 11 is 0. The fourth-order valence-electron chi connectivity index (χ4n) is 3.79. The van der Waals surface area contributed by atoms with Crippen molar-refractivity contribution in [3.63, 3.8) is 0 Å². The van der Waals surface area contributed by atoms with Gasteiger partial charge in [0.2, 0.25) is 11.9 Å². The van der Waals surface area contributed by atoms with E-state index in [1.165, 1.54) is 0 Å². The molecular formula is C18H32Cl2N6O. The average molecular weight is 419 g/mol. The number of nitrogens with two attached hydrogens (primary N) is 1. The molecule has 0 spiro atoms. The van der Waals surface area contributed by atoms with Crippen molar-refractivity contribution < 1.29 is 4.79 Å². The maximum absolute atomic E-state index is 13.1. The molecule has 2 aliphatic heterocycles. The van der Waals surface area contributed by atoms with Crippen molar-refractivity contribution in [2.45, 2.75) is 52.5 Å². The van der Waals surface area contributed by atoms with Gasteiger partial charge in [-0.05, 0) is 46.2 Å². The number of hydrogen-bond acceptors (Lipinski definition) is 6. The standard InChI is InChI=1S/C18H30N6O.2ClH/c1-12(2)21-15-13-4-10-24(11-5-14(13)22-17(19)23-15)16(25)18(3)6-8-20-9-7-18;;/h12,20H,4-11H2,1-3H3,(H3,19,21,22,23);2*1H. The Morgan fingerprint density at radius 2 is 1.81 bits per heavy atom. The third kappa shape index (κ3) is 5.36. The number of nitrogens with one attached hydrogen (secondary N) is 2. The topological polar surface area (TPSA) is 96.2 Å². The molecule has 0 aliphatic carbocycles. The first-order valence-corrected chi connectivity index (χ1v) is 9.31. The molecule has 1 aromatic heterocycles. The van der Waals surface area contributed by atoms with Crippen molar-refractivity contribution in [1.82, 2.24) is 20.2 Å². The lowest BCUT2D eigenvalue weighted by Crippen LogP contribution is -2.48. The Hall–Kier alpha value is -1.31. The molecule has 0 aromatic carbocycles. The predicted molar refractivity (Wildman–Crippen MR) is 114 cm³/mol. The van der Waals surface area contributed by atoms with E-state index in [9.17, 15) is 4.79 Å². The number of halogens is 2. The molecule has 3 heterocycles. The predicted octanol–water partition coefficient (Wildman–Crippen LogP) is 2.04. The van der Waals surface area contributed by atoms with Gasteiger partial charge < -0.3 is 21.3 Å². The number of anilines is 2. The SMILES string of the molecule is CC(C)Nc1nc(N)nc2c1CCN(C(=O)C1(C)CCNCC1)CC2.Cl.Cl. The van der Waals surface area contributed by atoms with E-state index < -0.39 is 0 Å². The summed E-state index contributed by atoms with van der Waals surface area (Å²) in [4.78, 5) is 24.0. The summed E-state index contributed by atoms with van der Waals surface area (Å²) in [5.74, 6) is 1.40. The van der Waals surface area contributed by atoms with Gasteiger partial charge in [-0.25, -0.2) is 4.98 Å². The third-order valence-electron chi connectivity index (χ3n) is 5.30. The van der Waals surface area contributed by atoms with E-state index in [2.05, 4.69) is 41.4 Å². The van der Waals surface area contributed by atoms with Crippen LogP contribution in [-0.4, -0.2) is 53.0 Å². The molecule has 0 saturated carbocycles. The van der Waals surface area contributed by atoms with Gasteiger partial charge in [0.1, 0.15) is 5.82 Å². The van der Waals surface area contributed by atoms with Gasteiger partial charge >= 0.3 is 0 Å². The fourth-order valence-corrected chi connectivity index (χ4v) is 3.79. The van der Waals surface area contributed by atoms with Crippen LogP contribution in [0.3, 0.4) is 0 Å². The highest BCUT2D eigenvalue weighted by Crippen LogP contribution is 2.32. The highest BCUT2D eigenvalue weighted by Gasteiger charge is 2.38. The van der Waals surface area contributed by atoms with Crippen LogP contribution < -0.4 is 16.4 Å². The first kappa shape index (κ1) is 23.7. The van der Waals surface area contributed by atoms with Gasteiger partial charge in [0.15, 0.2) is 0 Å². The molecule has 1 fully saturated rings. The van der Waals surface area contributed by atoms with Crippen LogP contribution in [0.15, 0.2) is 0 Å². The molecule has 0 radical (unpaired) electrons. The molecule has 3 rings (SSSR count). The molecule has 4 N–H and O–H groups in total. The lowest BCUT2D eigenvalue weighted by molar-refractivity contribution is -0.142. The zero-order chi connectivity index (χ0) is 18.0. The number of nitrogens with zero attached hydrogens (tertiary/aromatic N) is 3. The number of carbonyl (C=O) groups is 1. The largest absolute Gasteiger partial charge is 0.368 e. The molecule has 0 unspecified atom stereocenters. The quantitative estimate of drug-likeness (QED) is 0.694. The van der Waals surface area contributed by atoms with Crippen LogP contribution in [0.2, 0.25) is 0 Å². The first-order chi connectivity index (χ1) is 11.9. The van der Waals surface area contributed by atoms with Crippen molar-refractivity contribution in [2.75, 3.05) is 37.2 Å². The van der Waals surface area contributed by atoms with Gasteiger partial charge in [0, 0.05) is 36.5 Å². The average Bonchev–Trinajstić information content (AvgIpc) is 2.77. The lowest BCUT2D eigenvalue weighted by atomic mass is 9.79. The van der Waals surface area contributed by atoms with Crippen molar-refractivity contribution in [2.24, 2.45) is 5.41 Å². The molecule has 2 aliphatic rings. The van der Waals surface area contributed by atoms with E-state index in [4.69, 9.17) is 5.73 Å². The Bertz CT molecular complexity index is 649. The van der Waals surface area contributed by atoms with Crippen LogP contribution in [0, 0.1) is 5.41 Å². The molecule has 0 atom stereocenters. The first-order valence-electron chi connectivity index (χ1n) is 9.31. The molecule has 0 bridgehead atoms. The van der Waals surface area contributed by atoms with E-state index in [1.807, 2.05) is 4.90 Å². The molecular weight excluding hydrogens is 387 g/mol. The second kappa shape index (κ2) is 9.75. The molecule has 7 nitrogen and oxygen atoms in total. The number of nitrogen functional groups attached to an aromatic ring is 1. The minimum atomic E-state index is -0.245. The fraction of sp³-hybridized carbons (Fsp3) is 0.722. The molecule has 1 aromatic rings. The van der Waals surface area contributed by atoms with Gasteiger partial charge in [-0.1, -0.05) is 6.92 Å². The number of hydrogen-bond donors (Lipinski definition) is 3. The van der Waals surface area contributed by atoms with Gasteiger partial charge in [-0.2, -0.15) is 4.98 Å². The Labute approximate surface area is 174 Å². The highest BCUT2D eigenvalue weighted by molar-refractivity contribution is 5.85. The summed E-state index contributed by atoms with van der Waals surface area (Å²) in [6, 6.07) is 0.271. The molecule has 9 heteroatoms. The number of fused-ring (bicyclic) bond motifs is 1. The number of amides is 1. The molecule has 27 heavy (non-hydrogen) atoms. The maximum Gasteiger partial charge on any atom is 0.228 e. The number of piperidine rings is 1. The van der Waals surface area contributed by atoms with Gasteiger partial charge in [0.05, 0.1) is 5.69 Å². The van der Waals surface area contributed by atoms with Crippen LogP contribution in [0.5, 0.6) is 0 Å². The monoisotopic (exact) mass is 418 g/mol. The van der Waals surface area contributed by atoms with Crippen LogP contribution in [-0.2, 0) is 17.6 Å². The zero-order valence-electron chi connectivity index (χ0n) is 16.4. The summed E-state index contributed by atoms with van der Waals surface area (Å²) in [5, 5.41) is 6.72. The number of aromatic nitrogens is 2. The smallest absolute Gasteiger partial charge is 0.228 e. The Morgan fingerprint density at radius 3 is 2.44 bits per heavy atom. The van der Waals surface area contributed by atoms with Gasteiger partial charge in [-0.3, -0.25) is 4.79 Å². The van der Waals surface area contributed by atoms with Crippen molar-refractivity contribution in [3.8, 4) is 0 Å². The van der Waals surface area contributed by atoms with Crippen LogP contribution in [0.25, 0.3) is 0 Å². The van der Waals surface area contributed by atoms with Crippen LogP contribution in [0.4, 0.5) is 11.8 Å². The molecule has 154 valence electrons. The summed E-state index contributed by atoms with van der Waals surface area (Å²) in [5.41, 5.74) is 7.73.